The molecule has 0 aromatic carbocycles. The molecule has 1 saturated heterocycles. The van der Waals surface area contributed by atoms with E-state index in [9.17, 15) is 4.79 Å². The third-order valence-corrected chi connectivity index (χ3v) is 4.16. The molecule has 1 aliphatic rings. The van der Waals surface area contributed by atoms with Crippen LogP contribution in [0, 0.1) is 13.8 Å². The molecule has 2 rings (SSSR count). The van der Waals surface area contributed by atoms with Crippen molar-refractivity contribution in [2.45, 2.75) is 13.8 Å². The Kier molecular flexibility index (Phi) is 2.78. The highest BCUT2D eigenvalue weighted by molar-refractivity contribution is 7.99. The molecule has 2 heterocycles. The van der Waals surface area contributed by atoms with E-state index >= 15 is 0 Å². The molecule has 1 aromatic heterocycles. The van der Waals surface area contributed by atoms with Gasteiger partial charge in [-0.25, -0.2) is 4.98 Å². The maximum absolute atomic E-state index is 12.0. The fourth-order valence-electron chi connectivity index (χ4n) is 1.45. The van der Waals surface area contributed by atoms with Gasteiger partial charge in [-0.15, -0.1) is 23.1 Å². The van der Waals surface area contributed by atoms with E-state index in [0.717, 1.165) is 33.8 Å². The molecule has 0 saturated carbocycles. The van der Waals surface area contributed by atoms with Gasteiger partial charge in [0, 0.05) is 12.3 Å². The van der Waals surface area contributed by atoms with Gasteiger partial charge in [0.2, 0.25) is 0 Å². The predicted molar refractivity (Wildman–Crippen MR) is 59.9 cm³/mol. The molecule has 76 valence electrons. The van der Waals surface area contributed by atoms with Crippen molar-refractivity contribution in [3.8, 4) is 0 Å². The van der Waals surface area contributed by atoms with E-state index in [1.807, 2.05) is 30.5 Å². The standard InChI is InChI=1S/C9H12N2OS2/c1-6-8(14-7(2)10-6)9(12)11-3-4-13-5-11/h3-5H2,1-2H3. The van der Waals surface area contributed by atoms with Gasteiger partial charge < -0.3 is 4.90 Å². The average molecular weight is 228 g/mol. The lowest BCUT2D eigenvalue weighted by atomic mass is 10.3. The van der Waals surface area contributed by atoms with Crippen LogP contribution in [0.5, 0.6) is 0 Å². The highest BCUT2D eigenvalue weighted by atomic mass is 32.2. The topological polar surface area (TPSA) is 33.2 Å². The van der Waals surface area contributed by atoms with Crippen molar-refractivity contribution in [1.29, 1.82) is 0 Å². The summed E-state index contributed by atoms with van der Waals surface area (Å²) in [5, 5.41) is 0.970. The second-order valence-corrected chi connectivity index (χ2v) is 5.53. The van der Waals surface area contributed by atoms with Gasteiger partial charge in [0.15, 0.2) is 0 Å². The Morgan fingerprint density at radius 3 is 2.79 bits per heavy atom. The Balaban J connectivity index is 2.21. The molecule has 0 unspecified atom stereocenters. The molecule has 5 heteroatoms. The van der Waals surface area contributed by atoms with Gasteiger partial charge in [-0.1, -0.05) is 0 Å². The lowest BCUT2D eigenvalue weighted by Crippen LogP contribution is -2.27. The molecule has 0 aliphatic carbocycles. The van der Waals surface area contributed by atoms with Crippen molar-refractivity contribution in [3.05, 3.63) is 15.6 Å². The van der Waals surface area contributed by atoms with Crippen molar-refractivity contribution in [3.63, 3.8) is 0 Å². The van der Waals surface area contributed by atoms with Crippen molar-refractivity contribution in [1.82, 2.24) is 9.88 Å². The molecule has 1 fully saturated rings. The van der Waals surface area contributed by atoms with E-state index in [1.165, 1.54) is 11.3 Å². The molecular weight excluding hydrogens is 216 g/mol. The number of nitrogens with zero attached hydrogens (tertiary/aromatic N) is 2. The molecule has 14 heavy (non-hydrogen) atoms. The molecule has 0 radical (unpaired) electrons. The zero-order chi connectivity index (χ0) is 10.1. The van der Waals surface area contributed by atoms with E-state index in [2.05, 4.69) is 4.98 Å². The summed E-state index contributed by atoms with van der Waals surface area (Å²) in [6, 6.07) is 0. The van der Waals surface area contributed by atoms with Crippen LogP contribution in [0.1, 0.15) is 20.4 Å². The summed E-state index contributed by atoms with van der Waals surface area (Å²) in [6.45, 7) is 4.72. The molecule has 0 bridgehead atoms. The van der Waals surface area contributed by atoms with Crippen molar-refractivity contribution < 1.29 is 4.79 Å². The zero-order valence-corrected chi connectivity index (χ0v) is 9.87. The zero-order valence-electron chi connectivity index (χ0n) is 8.24. The fraction of sp³-hybridized carbons (Fsp3) is 0.556. The van der Waals surface area contributed by atoms with Gasteiger partial charge >= 0.3 is 0 Å². The van der Waals surface area contributed by atoms with Crippen LogP contribution in [0.2, 0.25) is 0 Å². The second-order valence-electron chi connectivity index (χ2n) is 3.25. The van der Waals surface area contributed by atoms with E-state index in [1.54, 1.807) is 0 Å². The van der Waals surface area contributed by atoms with Gasteiger partial charge in [-0.2, -0.15) is 0 Å². The minimum absolute atomic E-state index is 0.151. The summed E-state index contributed by atoms with van der Waals surface area (Å²) in [5.74, 6) is 2.04. The lowest BCUT2D eigenvalue weighted by molar-refractivity contribution is 0.0806. The fourth-order valence-corrected chi connectivity index (χ4v) is 3.28. The first-order chi connectivity index (χ1) is 6.68. The number of hydrogen-bond donors (Lipinski definition) is 0. The van der Waals surface area contributed by atoms with E-state index in [-0.39, 0.29) is 5.91 Å². The number of thioether (sulfide) groups is 1. The molecule has 3 nitrogen and oxygen atoms in total. The minimum atomic E-state index is 0.151. The van der Waals surface area contributed by atoms with Crippen LogP contribution >= 0.6 is 23.1 Å². The number of carbonyl (C=O) groups is 1. The van der Waals surface area contributed by atoms with Crippen LogP contribution in [-0.2, 0) is 0 Å². The van der Waals surface area contributed by atoms with E-state index < -0.39 is 0 Å². The van der Waals surface area contributed by atoms with Crippen molar-refractivity contribution >= 4 is 29.0 Å². The third-order valence-electron chi connectivity index (χ3n) is 2.14. The highest BCUT2D eigenvalue weighted by Gasteiger charge is 2.23. The molecule has 1 aromatic rings. The second kappa shape index (κ2) is 3.90. The average Bonchev–Trinajstić information content (AvgIpc) is 2.73. The lowest BCUT2D eigenvalue weighted by Gasteiger charge is -2.12. The van der Waals surface area contributed by atoms with Crippen LogP contribution in [0.25, 0.3) is 0 Å². The quantitative estimate of drug-likeness (QED) is 0.736. The normalized spacial score (nSPS) is 16.3. The first-order valence-corrected chi connectivity index (χ1v) is 6.46. The summed E-state index contributed by atoms with van der Waals surface area (Å²) in [5.41, 5.74) is 0.870. The number of hydrogen-bond acceptors (Lipinski definition) is 4. The molecule has 1 amide bonds. The third kappa shape index (κ3) is 1.79. The molecular formula is C9H12N2OS2. The van der Waals surface area contributed by atoms with Gasteiger partial charge in [0.25, 0.3) is 5.91 Å². The first-order valence-electron chi connectivity index (χ1n) is 4.49. The van der Waals surface area contributed by atoms with Crippen LogP contribution in [0.4, 0.5) is 0 Å². The largest absolute Gasteiger partial charge is 0.328 e. The number of rotatable bonds is 1. The predicted octanol–water partition coefficient (Wildman–Crippen LogP) is 1.91. The summed E-state index contributed by atoms with van der Waals surface area (Å²) in [6.07, 6.45) is 0. The maximum atomic E-state index is 12.0. The minimum Gasteiger partial charge on any atom is -0.328 e. The molecule has 0 atom stereocenters. The Morgan fingerprint density at radius 1 is 1.50 bits per heavy atom. The SMILES string of the molecule is Cc1nc(C)c(C(=O)N2CCSC2)s1. The van der Waals surface area contributed by atoms with Crippen LogP contribution in [0.15, 0.2) is 0 Å². The Morgan fingerprint density at radius 2 is 2.29 bits per heavy atom. The Bertz CT molecular complexity index is 356. The summed E-state index contributed by atoms with van der Waals surface area (Å²) >= 11 is 3.30. The summed E-state index contributed by atoms with van der Waals surface area (Å²) < 4.78 is 0. The van der Waals surface area contributed by atoms with Crippen LogP contribution < -0.4 is 0 Å². The Labute approximate surface area is 91.5 Å². The number of thiazole rings is 1. The smallest absolute Gasteiger partial charge is 0.266 e. The van der Waals surface area contributed by atoms with Crippen LogP contribution in [0.3, 0.4) is 0 Å². The van der Waals surface area contributed by atoms with Gasteiger partial charge in [-0.05, 0) is 13.8 Å². The first kappa shape index (κ1) is 9.98. The molecule has 0 N–H and O–H groups in total. The van der Waals surface area contributed by atoms with Gasteiger partial charge in [0.05, 0.1) is 16.6 Å². The maximum Gasteiger partial charge on any atom is 0.266 e. The van der Waals surface area contributed by atoms with Gasteiger partial charge in [-0.3, -0.25) is 4.79 Å². The molecule has 1 aliphatic heterocycles. The van der Waals surface area contributed by atoms with E-state index in [0.29, 0.717) is 0 Å². The Hall–Kier alpha value is -0.550. The van der Waals surface area contributed by atoms with E-state index in [4.69, 9.17) is 0 Å². The van der Waals surface area contributed by atoms with Crippen molar-refractivity contribution in [2.24, 2.45) is 0 Å². The number of aryl methyl sites for hydroxylation is 2. The van der Waals surface area contributed by atoms with Gasteiger partial charge in [0.1, 0.15) is 4.88 Å². The number of carbonyl (C=O) groups excluding carboxylic acids is 1. The highest BCUT2D eigenvalue weighted by Crippen LogP contribution is 2.22. The van der Waals surface area contributed by atoms with Crippen molar-refractivity contribution in [2.75, 3.05) is 18.2 Å². The number of aromatic nitrogens is 1. The van der Waals surface area contributed by atoms with Crippen LogP contribution in [-0.4, -0.2) is 34.0 Å². The number of amides is 1. The summed E-state index contributed by atoms with van der Waals surface area (Å²) in [7, 11) is 0. The monoisotopic (exact) mass is 228 g/mol. The summed E-state index contributed by atoms with van der Waals surface area (Å²) in [4.78, 5) is 18.9. The molecule has 0 spiro atoms.